The van der Waals surface area contributed by atoms with E-state index in [9.17, 15) is 0 Å². The summed E-state index contributed by atoms with van der Waals surface area (Å²) in [4.78, 5) is 4.40. The smallest absolute Gasteiger partial charge is 0.127 e. The van der Waals surface area contributed by atoms with Crippen LogP contribution in [-0.2, 0) is 6.54 Å². The van der Waals surface area contributed by atoms with E-state index in [2.05, 4.69) is 70.3 Å². The van der Waals surface area contributed by atoms with Gasteiger partial charge in [-0.05, 0) is 28.5 Å². The Kier molecular flexibility index (Phi) is 3.63. The minimum atomic E-state index is 0.632. The highest BCUT2D eigenvalue weighted by Gasteiger charge is 2.11. The van der Waals surface area contributed by atoms with Crippen LogP contribution < -0.4 is 0 Å². The van der Waals surface area contributed by atoms with E-state index < -0.39 is 0 Å². The summed E-state index contributed by atoms with van der Waals surface area (Å²) in [5.41, 5.74) is 2.47. The van der Waals surface area contributed by atoms with Gasteiger partial charge in [-0.3, -0.25) is 0 Å². The van der Waals surface area contributed by atoms with Gasteiger partial charge in [0.2, 0.25) is 0 Å². The molecule has 0 atom stereocenters. The molecule has 84 valence electrons. The van der Waals surface area contributed by atoms with Crippen molar-refractivity contribution >= 4 is 22.6 Å². The van der Waals surface area contributed by atoms with Gasteiger partial charge in [-0.15, -0.1) is 0 Å². The van der Waals surface area contributed by atoms with Crippen molar-refractivity contribution in [1.82, 2.24) is 9.55 Å². The predicted molar refractivity (Wildman–Crippen MR) is 75.2 cm³/mol. The van der Waals surface area contributed by atoms with Gasteiger partial charge < -0.3 is 4.57 Å². The Balaban J connectivity index is 2.43. The van der Waals surface area contributed by atoms with Crippen LogP contribution in [0.1, 0.15) is 13.8 Å². The van der Waals surface area contributed by atoms with Crippen LogP contribution in [-0.4, -0.2) is 9.55 Å². The second-order valence-electron chi connectivity index (χ2n) is 4.30. The lowest BCUT2D eigenvalue weighted by Gasteiger charge is -2.11. The molecule has 1 aromatic carbocycles. The lowest BCUT2D eigenvalue weighted by Crippen LogP contribution is -2.04. The third-order valence-electron chi connectivity index (χ3n) is 2.40. The summed E-state index contributed by atoms with van der Waals surface area (Å²) >= 11 is 2.30. The van der Waals surface area contributed by atoms with Crippen molar-refractivity contribution in [2.24, 2.45) is 5.92 Å². The van der Waals surface area contributed by atoms with E-state index >= 15 is 0 Å². The first kappa shape index (κ1) is 11.6. The van der Waals surface area contributed by atoms with Crippen LogP contribution in [0.5, 0.6) is 0 Å². The highest BCUT2D eigenvalue weighted by molar-refractivity contribution is 14.1. The number of hydrogen-bond donors (Lipinski definition) is 0. The van der Waals surface area contributed by atoms with Crippen molar-refractivity contribution in [2.45, 2.75) is 20.4 Å². The second kappa shape index (κ2) is 4.99. The topological polar surface area (TPSA) is 17.8 Å². The van der Waals surface area contributed by atoms with E-state index in [1.54, 1.807) is 0 Å². The maximum Gasteiger partial charge on any atom is 0.127 e. The van der Waals surface area contributed by atoms with Crippen LogP contribution in [0.3, 0.4) is 0 Å². The van der Waals surface area contributed by atoms with Gasteiger partial charge in [0.05, 0.1) is 12.0 Å². The molecule has 0 aliphatic heterocycles. The molecule has 2 rings (SSSR count). The van der Waals surface area contributed by atoms with E-state index in [-0.39, 0.29) is 0 Å². The summed E-state index contributed by atoms with van der Waals surface area (Å²) in [6.45, 7) is 5.46. The average molecular weight is 326 g/mol. The molecule has 0 saturated carbocycles. The van der Waals surface area contributed by atoms with Crippen molar-refractivity contribution < 1.29 is 0 Å². The van der Waals surface area contributed by atoms with E-state index in [1.165, 1.54) is 11.3 Å². The number of benzene rings is 1. The van der Waals surface area contributed by atoms with Gasteiger partial charge in [0.15, 0.2) is 0 Å². The predicted octanol–water partition coefficient (Wildman–Crippen LogP) is 3.81. The van der Waals surface area contributed by atoms with Crippen molar-refractivity contribution in [3.05, 3.63) is 40.4 Å². The highest BCUT2D eigenvalue weighted by atomic mass is 127. The van der Waals surface area contributed by atoms with Crippen molar-refractivity contribution in [1.29, 1.82) is 0 Å². The van der Waals surface area contributed by atoms with Gasteiger partial charge in [-0.1, -0.05) is 44.2 Å². The normalized spacial score (nSPS) is 11.0. The fraction of sp³-hybridized carbons (Fsp3) is 0.308. The summed E-state index contributed by atoms with van der Waals surface area (Å²) in [6.07, 6.45) is 1.93. The summed E-state index contributed by atoms with van der Waals surface area (Å²) < 4.78 is 3.31. The molecular formula is C13H15IN2. The molecule has 1 aromatic heterocycles. The number of nitrogens with zero attached hydrogens (tertiary/aromatic N) is 2. The monoisotopic (exact) mass is 326 g/mol. The van der Waals surface area contributed by atoms with E-state index in [1.807, 2.05) is 12.4 Å². The molecule has 3 heteroatoms. The number of halogens is 1. The van der Waals surface area contributed by atoms with E-state index in [4.69, 9.17) is 0 Å². The average Bonchev–Trinajstić information content (AvgIpc) is 2.60. The summed E-state index contributed by atoms with van der Waals surface area (Å²) in [6, 6.07) is 10.4. The molecule has 0 saturated heterocycles. The molecule has 0 N–H and O–H groups in total. The van der Waals surface area contributed by atoms with Crippen molar-refractivity contribution in [3.63, 3.8) is 0 Å². The quantitative estimate of drug-likeness (QED) is 0.784. The zero-order valence-corrected chi connectivity index (χ0v) is 11.7. The Hall–Kier alpha value is -0.840. The first-order chi connectivity index (χ1) is 7.68. The number of rotatable bonds is 3. The van der Waals surface area contributed by atoms with Crippen LogP contribution in [0.25, 0.3) is 11.3 Å². The molecule has 0 radical (unpaired) electrons. The fourth-order valence-electron chi connectivity index (χ4n) is 1.77. The van der Waals surface area contributed by atoms with Crippen molar-refractivity contribution in [2.75, 3.05) is 0 Å². The molecule has 0 spiro atoms. The molecule has 0 unspecified atom stereocenters. The van der Waals surface area contributed by atoms with Crippen LogP contribution in [0.4, 0.5) is 0 Å². The van der Waals surface area contributed by atoms with Gasteiger partial charge in [0.25, 0.3) is 0 Å². The summed E-state index contributed by atoms with van der Waals surface area (Å²) in [5.74, 6) is 0.632. The molecule has 0 amide bonds. The van der Waals surface area contributed by atoms with E-state index in [0.717, 1.165) is 10.2 Å². The maximum absolute atomic E-state index is 4.40. The zero-order valence-electron chi connectivity index (χ0n) is 9.52. The number of aromatic nitrogens is 2. The van der Waals surface area contributed by atoms with Crippen LogP contribution in [0.15, 0.2) is 36.7 Å². The molecule has 0 bridgehead atoms. The Morgan fingerprint density at radius 1 is 1.25 bits per heavy atom. The first-order valence-electron chi connectivity index (χ1n) is 5.44. The molecular weight excluding hydrogens is 311 g/mol. The van der Waals surface area contributed by atoms with E-state index in [0.29, 0.717) is 5.92 Å². The molecule has 2 nitrogen and oxygen atoms in total. The molecule has 0 aliphatic rings. The van der Waals surface area contributed by atoms with Gasteiger partial charge in [0, 0.05) is 12.1 Å². The Bertz CT molecular complexity index is 460. The first-order valence-corrected chi connectivity index (χ1v) is 6.52. The Morgan fingerprint density at radius 2 is 1.94 bits per heavy atom. The zero-order chi connectivity index (χ0) is 11.5. The SMILES string of the molecule is CC(C)Cn1cnc(I)c1-c1ccccc1. The van der Waals surface area contributed by atoms with Crippen molar-refractivity contribution in [3.8, 4) is 11.3 Å². The molecule has 0 aliphatic carbocycles. The minimum absolute atomic E-state index is 0.632. The summed E-state index contributed by atoms with van der Waals surface area (Å²) in [7, 11) is 0. The van der Waals surface area contributed by atoms with Crippen LogP contribution in [0, 0.1) is 9.62 Å². The Labute approximate surface area is 110 Å². The van der Waals surface area contributed by atoms with Gasteiger partial charge >= 0.3 is 0 Å². The van der Waals surface area contributed by atoms with Crippen LogP contribution in [0.2, 0.25) is 0 Å². The van der Waals surface area contributed by atoms with Gasteiger partial charge in [0.1, 0.15) is 3.70 Å². The third-order valence-corrected chi connectivity index (χ3v) is 3.19. The standard InChI is InChI=1S/C13H15IN2/c1-10(2)8-16-9-15-13(14)12(16)11-6-4-3-5-7-11/h3-7,9-10H,8H2,1-2H3. The number of hydrogen-bond acceptors (Lipinski definition) is 1. The lowest BCUT2D eigenvalue weighted by atomic mass is 10.1. The largest absolute Gasteiger partial charge is 0.329 e. The number of imidazole rings is 1. The lowest BCUT2D eigenvalue weighted by molar-refractivity contribution is 0.526. The van der Waals surface area contributed by atoms with Gasteiger partial charge in [-0.25, -0.2) is 4.98 Å². The van der Waals surface area contributed by atoms with Gasteiger partial charge in [-0.2, -0.15) is 0 Å². The summed E-state index contributed by atoms with van der Waals surface area (Å²) in [5, 5.41) is 0. The molecule has 16 heavy (non-hydrogen) atoms. The minimum Gasteiger partial charge on any atom is -0.329 e. The third kappa shape index (κ3) is 2.45. The molecule has 2 aromatic rings. The maximum atomic E-state index is 4.40. The Morgan fingerprint density at radius 3 is 2.56 bits per heavy atom. The highest BCUT2D eigenvalue weighted by Crippen LogP contribution is 2.24. The van der Waals surface area contributed by atoms with Crippen LogP contribution >= 0.6 is 22.6 Å². The fourth-order valence-corrected chi connectivity index (χ4v) is 2.52. The molecule has 1 heterocycles. The molecule has 0 fully saturated rings. The second-order valence-corrected chi connectivity index (χ2v) is 5.32.